The van der Waals surface area contributed by atoms with Crippen LogP contribution < -0.4 is 0 Å². The van der Waals surface area contributed by atoms with Crippen LogP contribution in [0.5, 0.6) is 0 Å². The number of rotatable bonds is 3. The fraction of sp³-hybridized carbons (Fsp3) is 0.231. The first-order valence-electron chi connectivity index (χ1n) is 6.08. The van der Waals surface area contributed by atoms with E-state index in [1.54, 1.807) is 12.1 Å². The Kier molecular flexibility index (Phi) is 3.40. The molecule has 2 atom stereocenters. The van der Waals surface area contributed by atoms with E-state index in [-0.39, 0.29) is 17.5 Å². The van der Waals surface area contributed by atoms with Crippen LogP contribution in [0.4, 0.5) is 0 Å². The molecule has 0 saturated carbocycles. The van der Waals surface area contributed by atoms with Crippen LogP contribution in [0.25, 0.3) is 0 Å². The van der Waals surface area contributed by atoms with Gasteiger partial charge in [0.05, 0.1) is 11.1 Å². The highest BCUT2D eigenvalue weighted by Crippen LogP contribution is 2.29. The number of carbonyl (C=O) groups is 3. The van der Waals surface area contributed by atoms with Gasteiger partial charge >= 0.3 is 5.97 Å². The van der Waals surface area contributed by atoms with Crippen molar-refractivity contribution in [2.45, 2.75) is 18.6 Å². The summed E-state index contributed by atoms with van der Waals surface area (Å²) in [7, 11) is 0. The highest BCUT2D eigenvalue weighted by atomic mass is 127. The molecule has 0 fully saturated rings. The van der Waals surface area contributed by atoms with Crippen molar-refractivity contribution in [2.75, 3.05) is 0 Å². The molecule has 8 heteroatoms. The minimum Gasteiger partial charge on any atom is -0.480 e. The smallest absolute Gasteiger partial charge is 0.330 e. The van der Waals surface area contributed by atoms with Gasteiger partial charge in [0.25, 0.3) is 11.8 Å². The number of carboxylic acid groups (broad SMARTS) is 1. The van der Waals surface area contributed by atoms with Crippen molar-refractivity contribution >= 4 is 44.1 Å². The number of amides is 2. The molecule has 1 N–H and O–H groups in total. The fourth-order valence-electron chi connectivity index (χ4n) is 2.43. The van der Waals surface area contributed by atoms with Gasteiger partial charge < -0.3 is 9.94 Å². The Morgan fingerprint density at radius 3 is 2.33 bits per heavy atom. The molecule has 2 aliphatic heterocycles. The van der Waals surface area contributed by atoms with Gasteiger partial charge in [-0.25, -0.2) is 4.79 Å². The Morgan fingerprint density at radius 2 is 1.90 bits per heavy atom. The van der Waals surface area contributed by atoms with E-state index in [2.05, 4.69) is 5.16 Å². The maximum atomic E-state index is 12.3. The largest absolute Gasteiger partial charge is 0.480 e. The number of carbonyl (C=O) groups excluding carboxylic acids is 2. The van der Waals surface area contributed by atoms with Gasteiger partial charge in [0, 0.05) is 6.42 Å². The lowest BCUT2D eigenvalue weighted by Gasteiger charge is -2.25. The summed E-state index contributed by atoms with van der Waals surface area (Å²) in [4.78, 5) is 42.0. The van der Waals surface area contributed by atoms with Crippen LogP contribution >= 0.6 is 22.6 Å². The molecule has 1 aromatic carbocycles. The number of carboxylic acids is 1. The molecule has 2 amide bonds. The van der Waals surface area contributed by atoms with Crippen molar-refractivity contribution in [1.29, 1.82) is 0 Å². The van der Waals surface area contributed by atoms with E-state index in [9.17, 15) is 19.5 Å². The van der Waals surface area contributed by atoms with E-state index in [0.717, 1.165) is 4.90 Å². The van der Waals surface area contributed by atoms with Crippen LogP contribution in [-0.4, -0.2) is 43.7 Å². The average molecular weight is 400 g/mol. The Morgan fingerprint density at radius 1 is 1.33 bits per heavy atom. The van der Waals surface area contributed by atoms with Crippen molar-refractivity contribution < 1.29 is 24.3 Å². The van der Waals surface area contributed by atoms with E-state index < -0.39 is 29.9 Å². The molecule has 0 bridgehead atoms. The lowest BCUT2D eigenvalue weighted by atomic mass is 10.1. The van der Waals surface area contributed by atoms with Gasteiger partial charge in [0.15, 0.2) is 12.1 Å². The maximum Gasteiger partial charge on any atom is 0.330 e. The van der Waals surface area contributed by atoms with Crippen LogP contribution in [0.15, 0.2) is 29.4 Å². The first-order valence-corrected chi connectivity index (χ1v) is 7.16. The number of nitrogens with zero attached hydrogens (tertiary/aromatic N) is 2. The lowest BCUT2D eigenvalue weighted by molar-refractivity contribution is -0.146. The molecule has 2 heterocycles. The lowest BCUT2D eigenvalue weighted by Crippen LogP contribution is -2.51. The third-order valence-corrected chi connectivity index (χ3v) is 4.00. The standard InChI is InChI=1S/C13H9IN2O5/c14-9-5-8(21-15-9)10(13(19)20)16-11(17)6-3-1-2-4-7(6)12(16)18/h1-4,8,10H,5H2,(H,19,20). The SMILES string of the molecule is O=C(O)C(C1CC(I)=NO1)N1C(=O)c2ccccc2C1=O. The summed E-state index contributed by atoms with van der Waals surface area (Å²) in [6.45, 7) is 0. The number of hydrogen-bond acceptors (Lipinski definition) is 5. The molecule has 2 unspecified atom stereocenters. The Balaban J connectivity index is 1.97. The summed E-state index contributed by atoms with van der Waals surface area (Å²) < 4.78 is 0.598. The molecule has 0 saturated heterocycles. The summed E-state index contributed by atoms with van der Waals surface area (Å²) in [5.74, 6) is -2.53. The maximum absolute atomic E-state index is 12.3. The minimum absolute atomic E-state index is 0.211. The molecule has 108 valence electrons. The van der Waals surface area contributed by atoms with Crippen molar-refractivity contribution in [3.8, 4) is 0 Å². The second-order valence-corrected chi connectivity index (χ2v) is 5.87. The number of imide groups is 1. The fourth-order valence-corrected chi connectivity index (χ4v) is 2.98. The topological polar surface area (TPSA) is 96.3 Å². The highest BCUT2D eigenvalue weighted by molar-refractivity contribution is 14.1. The molecule has 3 rings (SSSR count). The van der Waals surface area contributed by atoms with Crippen molar-refractivity contribution in [2.24, 2.45) is 5.16 Å². The quantitative estimate of drug-likeness (QED) is 0.609. The summed E-state index contributed by atoms with van der Waals surface area (Å²) >= 11 is 1.92. The van der Waals surface area contributed by atoms with E-state index in [0.29, 0.717) is 3.72 Å². The number of benzene rings is 1. The van der Waals surface area contributed by atoms with Crippen molar-refractivity contribution in [3.05, 3.63) is 35.4 Å². The molecule has 1 aromatic rings. The first kappa shape index (κ1) is 14.0. The zero-order valence-corrected chi connectivity index (χ0v) is 12.7. The van der Waals surface area contributed by atoms with E-state index >= 15 is 0 Å². The zero-order chi connectivity index (χ0) is 15.1. The number of fused-ring (bicyclic) bond motifs is 1. The van der Waals surface area contributed by atoms with Crippen molar-refractivity contribution in [1.82, 2.24) is 4.90 Å². The van der Waals surface area contributed by atoms with Gasteiger partial charge in [0.1, 0.15) is 3.72 Å². The van der Waals surface area contributed by atoms with Crippen molar-refractivity contribution in [3.63, 3.8) is 0 Å². The van der Waals surface area contributed by atoms with Gasteiger partial charge in [-0.3, -0.25) is 14.5 Å². The molecular formula is C13H9IN2O5. The third kappa shape index (κ3) is 2.19. The molecule has 21 heavy (non-hydrogen) atoms. The van der Waals surface area contributed by atoms with Crippen LogP contribution in [-0.2, 0) is 9.63 Å². The van der Waals surface area contributed by atoms with Gasteiger partial charge in [-0.15, -0.1) is 0 Å². The van der Waals surface area contributed by atoms with E-state index in [1.165, 1.54) is 12.1 Å². The zero-order valence-electron chi connectivity index (χ0n) is 10.5. The van der Waals surface area contributed by atoms with Gasteiger partial charge in [0.2, 0.25) is 0 Å². The number of aliphatic carboxylic acids is 1. The van der Waals surface area contributed by atoms with Gasteiger partial charge in [-0.05, 0) is 34.7 Å². The summed E-state index contributed by atoms with van der Waals surface area (Å²) in [6, 6.07) is 4.87. The van der Waals surface area contributed by atoms with Crippen LogP contribution in [0.2, 0.25) is 0 Å². The number of hydrogen-bond donors (Lipinski definition) is 1. The van der Waals surface area contributed by atoms with Crippen LogP contribution in [0, 0.1) is 0 Å². The first-order chi connectivity index (χ1) is 10.0. The predicted molar refractivity (Wildman–Crippen MR) is 79.3 cm³/mol. The molecule has 0 aromatic heterocycles. The van der Waals surface area contributed by atoms with Gasteiger partial charge in [-0.1, -0.05) is 17.3 Å². The Bertz CT molecular complexity index is 652. The third-order valence-electron chi connectivity index (χ3n) is 3.37. The van der Waals surface area contributed by atoms with E-state index in [4.69, 9.17) is 4.84 Å². The average Bonchev–Trinajstić information content (AvgIpc) is 2.97. The minimum atomic E-state index is -1.39. The molecule has 7 nitrogen and oxygen atoms in total. The predicted octanol–water partition coefficient (Wildman–Crippen LogP) is 1.27. The second kappa shape index (κ2) is 5.10. The van der Waals surface area contributed by atoms with Crippen LogP contribution in [0.1, 0.15) is 27.1 Å². The summed E-state index contributed by atoms with van der Waals surface area (Å²) in [6.07, 6.45) is -0.609. The Hall–Kier alpha value is -1.97. The van der Waals surface area contributed by atoms with Crippen LogP contribution in [0.3, 0.4) is 0 Å². The normalized spacial score (nSPS) is 21.9. The second-order valence-electron chi connectivity index (χ2n) is 4.62. The highest BCUT2D eigenvalue weighted by Gasteiger charge is 2.48. The van der Waals surface area contributed by atoms with Gasteiger partial charge in [-0.2, -0.15) is 0 Å². The molecule has 0 spiro atoms. The summed E-state index contributed by atoms with van der Waals surface area (Å²) in [5, 5.41) is 13.1. The molecular weight excluding hydrogens is 391 g/mol. The molecule has 0 aliphatic carbocycles. The monoisotopic (exact) mass is 400 g/mol. The summed E-state index contributed by atoms with van der Waals surface area (Å²) in [5.41, 5.74) is 0.421. The Labute approximate surface area is 132 Å². The number of oxime groups is 1. The number of halogens is 1. The molecule has 2 aliphatic rings. The van der Waals surface area contributed by atoms with E-state index in [1.807, 2.05) is 22.6 Å². The molecule has 0 radical (unpaired) electrons.